The highest BCUT2D eigenvalue weighted by Crippen LogP contribution is 2.10. The maximum absolute atomic E-state index is 11.2. The van der Waals surface area contributed by atoms with Gasteiger partial charge in [-0.3, -0.25) is 0 Å². The Balaban J connectivity index is 2.38. The van der Waals surface area contributed by atoms with E-state index in [1.807, 2.05) is 7.05 Å². The molecule has 1 aliphatic rings. The molecule has 76 valence electrons. The van der Waals surface area contributed by atoms with Gasteiger partial charge in [0.1, 0.15) is 0 Å². The lowest BCUT2D eigenvalue weighted by molar-refractivity contribution is 0.0438. The first kappa shape index (κ1) is 10.3. The van der Waals surface area contributed by atoms with Crippen molar-refractivity contribution in [3.05, 3.63) is 0 Å². The number of cyclic esters (lactones) is 1. The SMILES string of the molecule is CCCN1CC(CNC)COC1=O. The van der Waals surface area contributed by atoms with Gasteiger partial charge in [0.15, 0.2) is 0 Å². The van der Waals surface area contributed by atoms with Crippen molar-refractivity contribution in [2.75, 3.05) is 33.3 Å². The lowest BCUT2D eigenvalue weighted by Crippen LogP contribution is -2.46. The van der Waals surface area contributed by atoms with Crippen LogP contribution in [0.15, 0.2) is 0 Å². The first-order valence-corrected chi connectivity index (χ1v) is 4.84. The minimum absolute atomic E-state index is 0.158. The fraction of sp³-hybridized carbons (Fsp3) is 0.889. The molecule has 1 atom stereocenters. The molecule has 1 aliphatic heterocycles. The van der Waals surface area contributed by atoms with Crippen LogP contribution in [0.2, 0.25) is 0 Å². The van der Waals surface area contributed by atoms with Gasteiger partial charge in [-0.05, 0) is 13.5 Å². The summed E-state index contributed by atoms with van der Waals surface area (Å²) in [6.45, 7) is 5.16. The third kappa shape index (κ3) is 2.88. The largest absolute Gasteiger partial charge is 0.449 e. The van der Waals surface area contributed by atoms with E-state index in [0.717, 1.165) is 26.1 Å². The number of nitrogens with zero attached hydrogens (tertiary/aromatic N) is 1. The molecule has 0 saturated carbocycles. The molecule has 1 saturated heterocycles. The van der Waals surface area contributed by atoms with Crippen molar-refractivity contribution in [3.8, 4) is 0 Å². The molecule has 4 heteroatoms. The standard InChI is InChI=1S/C9H18N2O2/c1-3-4-11-6-8(5-10-2)7-13-9(11)12/h8,10H,3-7H2,1-2H3. The van der Waals surface area contributed by atoms with Gasteiger partial charge in [-0.1, -0.05) is 6.92 Å². The van der Waals surface area contributed by atoms with Crippen LogP contribution in [0.5, 0.6) is 0 Å². The van der Waals surface area contributed by atoms with Gasteiger partial charge in [0, 0.05) is 25.6 Å². The molecule has 0 bridgehead atoms. The van der Waals surface area contributed by atoms with Crippen LogP contribution in [0.25, 0.3) is 0 Å². The molecule has 0 aromatic carbocycles. The lowest BCUT2D eigenvalue weighted by Gasteiger charge is -2.31. The van der Waals surface area contributed by atoms with E-state index in [9.17, 15) is 4.79 Å². The Bertz CT molecular complexity index is 173. The molecule has 0 spiro atoms. The van der Waals surface area contributed by atoms with E-state index in [2.05, 4.69) is 12.2 Å². The molecule has 4 nitrogen and oxygen atoms in total. The molecule has 1 heterocycles. The van der Waals surface area contributed by atoms with Crippen LogP contribution < -0.4 is 5.32 Å². The average Bonchev–Trinajstić information content (AvgIpc) is 2.12. The summed E-state index contributed by atoms with van der Waals surface area (Å²) in [7, 11) is 1.92. The van der Waals surface area contributed by atoms with Gasteiger partial charge in [0.25, 0.3) is 0 Å². The van der Waals surface area contributed by atoms with E-state index in [0.29, 0.717) is 12.5 Å². The zero-order valence-corrected chi connectivity index (χ0v) is 8.38. The van der Waals surface area contributed by atoms with Crippen molar-refractivity contribution in [1.82, 2.24) is 10.2 Å². The molecule has 13 heavy (non-hydrogen) atoms. The van der Waals surface area contributed by atoms with E-state index in [1.54, 1.807) is 4.90 Å². The van der Waals surface area contributed by atoms with E-state index in [-0.39, 0.29) is 6.09 Å². The van der Waals surface area contributed by atoms with Crippen LogP contribution >= 0.6 is 0 Å². The molecular formula is C9H18N2O2. The van der Waals surface area contributed by atoms with Crippen LogP contribution in [0, 0.1) is 5.92 Å². The predicted octanol–water partition coefficient (Wildman–Crippen LogP) is 0.684. The van der Waals surface area contributed by atoms with Gasteiger partial charge in [0.05, 0.1) is 6.61 Å². The first-order valence-electron chi connectivity index (χ1n) is 4.84. The molecule has 1 amide bonds. The normalized spacial score (nSPS) is 23.1. The minimum Gasteiger partial charge on any atom is -0.449 e. The minimum atomic E-state index is -0.158. The van der Waals surface area contributed by atoms with Crippen molar-refractivity contribution in [2.45, 2.75) is 13.3 Å². The molecule has 0 radical (unpaired) electrons. The predicted molar refractivity (Wildman–Crippen MR) is 50.6 cm³/mol. The van der Waals surface area contributed by atoms with Crippen molar-refractivity contribution >= 4 is 6.09 Å². The Labute approximate surface area is 79.2 Å². The number of rotatable bonds is 4. The number of carbonyl (C=O) groups excluding carboxylic acids is 1. The fourth-order valence-corrected chi connectivity index (χ4v) is 1.58. The molecule has 0 aromatic rings. The zero-order valence-electron chi connectivity index (χ0n) is 8.38. The van der Waals surface area contributed by atoms with Gasteiger partial charge in [-0.25, -0.2) is 4.79 Å². The fourth-order valence-electron chi connectivity index (χ4n) is 1.58. The van der Waals surface area contributed by atoms with E-state index in [4.69, 9.17) is 4.74 Å². The quantitative estimate of drug-likeness (QED) is 0.702. The third-order valence-electron chi connectivity index (χ3n) is 2.17. The molecule has 1 N–H and O–H groups in total. The molecule has 1 fully saturated rings. The summed E-state index contributed by atoms with van der Waals surface area (Å²) < 4.78 is 5.06. The van der Waals surface area contributed by atoms with Gasteiger partial charge in [0.2, 0.25) is 0 Å². The van der Waals surface area contributed by atoms with Crippen LogP contribution in [-0.4, -0.2) is 44.3 Å². The summed E-state index contributed by atoms with van der Waals surface area (Å²) in [5, 5.41) is 3.10. The Morgan fingerprint density at radius 1 is 1.69 bits per heavy atom. The number of amides is 1. The Hall–Kier alpha value is -0.770. The average molecular weight is 186 g/mol. The maximum atomic E-state index is 11.2. The molecule has 0 aromatic heterocycles. The van der Waals surface area contributed by atoms with Crippen LogP contribution in [0.3, 0.4) is 0 Å². The van der Waals surface area contributed by atoms with Crippen LogP contribution in [0.4, 0.5) is 4.79 Å². The van der Waals surface area contributed by atoms with Gasteiger partial charge >= 0.3 is 6.09 Å². The number of hydrogen-bond donors (Lipinski definition) is 1. The monoisotopic (exact) mass is 186 g/mol. The Morgan fingerprint density at radius 2 is 2.46 bits per heavy atom. The molecule has 1 unspecified atom stereocenters. The van der Waals surface area contributed by atoms with Crippen molar-refractivity contribution in [1.29, 1.82) is 0 Å². The lowest BCUT2D eigenvalue weighted by atomic mass is 10.1. The number of nitrogens with one attached hydrogen (secondary N) is 1. The van der Waals surface area contributed by atoms with E-state index < -0.39 is 0 Å². The second-order valence-electron chi connectivity index (χ2n) is 3.45. The van der Waals surface area contributed by atoms with Crippen molar-refractivity contribution < 1.29 is 9.53 Å². The second kappa shape index (κ2) is 5.07. The maximum Gasteiger partial charge on any atom is 0.409 e. The highest BCUT2D eigenvalue weighted by atomic mass is 16.6. The van der Waals surface area contributed by atoms with E-state index >= 15 is 0 Å². The number of hydrogen-bond acceptors (Lipinski definition) is 3. The summed E-state index contributed by atoms with van der Waals surface area (Å²) in [6, 6.07) is 0. The van der Waals surface area contributed by atoms with Gasteiger partial charge in [-0.2, -0.15) is 0 Å². The summed E-state index contributed by atoms with van der Waals surface area (Å²) in [6.07, 6.45) is 0.829. The summed E-state index contributed by atoms with van der Waals surface area (Å²) in [5.41, 5.74) is 0. The Kier molecular flexibility index (Phi) is 4.02. The van der Waals surface area contributed by atoms with Gasteiger partial charge in [-0.15, -0.1) is 0 Å². The van der Waals surface area contributed by atoms with E-state index in [1.165, 1.54) is 0 Å². The first-order chi connectivity index (χ1) is 6.27. The third-order valence-corrected chi connectivity index (χ3v) is 2.17. The highest BCUT2D eigenvalue weighted by Gasteiger charge is 2.25. The zero-order chi connectivity index (χ0) is 9.68. The smallest absolute Gasteiger partial charge is 0.409 e. The molecule has 0 aliphatic carbocycles. The van der Waals surface area contributed by atoms with Gasteiger partial charge < -0.3 is 15.0 Å². The number of ether oxygens (including phenoxy) is 1. The van der Waals surface area contributed by atoms with Crippen LogP contribution in [0.1, 0.15) is 13.3 Å². The molecular weight excluding hydrogens is 168 g/mol. The van der Waals surface area contributed by atoms with Crippen molar-refractivity contribution in [2.24, 2.45) is 5.92 Å². The highest BCUT2D eigenvalue weighted by molar-refractivity contribution is 5.68. The van der Waals surface area contributed by atoms with Crippen molar-refractivity contribution in [3.63, 3.8) is 0 Å². The van der Waals surface area contributed by atoms with Crippen LogP contribution in [-0.2, 0) is 4.74 Å². The topological polar surface area (TPSA) is 41.6 Å². The summed E-state index contributed by atoms with van der Waals surface area (Å²) in [5.74, 6) is 0.439. The number of carbonyl (C=O) groups is 1. The summed E-state index contributed by atoms with van der Waals surface area (Å²) in [4.78, 5) is 13.0. The summed E-state index contributed by atoms with van der Waals surface area (Å²) >= 11 is 0. The Morgan fingerprint density at radius 3 is 3.08 bits per heavy atom. The second-order valence-corrected chi connectivity index (χ2v) is 3.45. The molecule has 1 rings (SSSR count).